The third-order valence-electron chi connectivity index (χ3n) is 3.29. The van der Waals surface area contributed by atoms with Crippen LogP contribution in [0.4, 0.5) is 4.39 Å². The zero-order chi connectivity index (χ0) is 15.6. The molecule has 21 heavy (non-hydrogen) atoms. The standard InChI is InChI=1S/C15H13Cl3FNO/c16-11-3-1-8(5-12(11)17)10(7-20)15(21)9-2-4-14(19)13(18)6-9/h1-6,10,15,21H,7,20H2. The summed E-state index contributed by atoms with van der Waals surface area (Å²) in [6, 6.07) is 9.14. The van der Waals surface area contributed by atoms with Crippen LogP contribution in [0, 0.1) is 5.82 Å². The van der Waals surface area contributed by atoms with E-state index in [9.17, 15) is 9.50 Å². The topological polar surface area (TPSA) is 46.2 Å². The van der Waals surface area contributed by atoms with Crippen LogP contribution in [0.1, 0.15) is 23.1 Å². The lowest BCUT2D eigenvalue weighted by molar-refractivity contribution is 0.147. The molecule has 0 bridgehead atoms. The third-order valence-corrected chi connectivity index (χ3v) is 4.32. The molecule has 0 saturated heterocycles. The number of rotatable bonds is 4. The second-order valence-corrected chi connectivity index (χ2v) is 5.86. The maximum absolute atomic E-state index is 13.2. The molecule has 0 aliphatic carbocycles. The first kappa shape index (κ1) is 16.5. The van der Waals surface area contributed by atoms with Gasteiger partial charge in [-0.15, -0.1) is 0 Å². The lowest BCUT2D eigenvalue weighted by Gasteiger charge is -2.23. The Morgan fingerprint density at radius 2 is 1.57 bits per heavy atom. The second kappa shape index (κ2) is 6.95. The fourth-order valence-corrected chi connectivity index (χ4v) is 2.61. The molecular weight excluding hydrogens is 336 g/mol. The molecule has 2 aromatic carbocycles. The fourth-order valence-electron chi connectivity index (χ4n) is 2.12. The van der Waals surface area contributed by atoms with E-state index in [1.165, 1.54) is 18.2 Å². The number of halogens is 4. The Morgan fingerprint density at radius 1 is 0.952 bits per heavy atom. The van der Waals surface area contributed by atoms with Crippen molar-refractivity contribution < 1.29 is 9.50 Å². The molecule has 112 valence electrons. The molecule has 0 aromatic heterocycles. The van der Waals surface area contributed by atoms with Crippen LogP contribution in [0.2, 0.25) is 15.1 Å². The molecular formula is C15H13Cl3FNO. The average molecular weight is 349 g/mol. The molecule has 0 saturated carbocycles. The molecule has 2 unspecified atom stereocenters. The van der Waals surface area contributed by atoms with E-state index in [2.05, 4.69) is 0 Å². The molecule has 0 fully saturated rings. The lowest BCUT2D eigenvalue weighted by atomic mass is 9.89. The van der Waals surface area contributed by atoms with Crippen molar-refractivity contribution in [2.45, 2.75) is 12.0 Å². The number of hydrogen-bond donors (Lipinski definition) is 2. The van der Waals surface area contributed by atoms with Gasteiger partial charge in [0.25, 0.3) is 0 Å². The van der Waals surface area contributed by atoms with Gasteiger partial charge >= 0.3 is 0 Å². The van der Waals surface area contributed by atoms with Crippen molar-refractivity contribution in [3.05, 3.63) is 68.4 Å². The highest BCUT2D eigenvalue weighted by Crippen LogP contribution is 2.34. The van der Waals surface area contributed by atoms with E-state index in [-0.39, 0.29) is 11.6 Å². The number of nitrogens with two attached hydrogens (primary N) is 1. The minimum atomic E-state index is -0.926. The van der Waals surface area contributed by atoms with Crippen molar-refractivity contribution in [2.24, 2.45) is 5.73 Å². The van der Waals surface area contributed by atoms with Crippen LogP contribution in [0.3, 0.4) is 0 Å². The fraction of sp³-hybridized carbons (Fsp3) is 0.200. The normalized spacial score (nSPS) is 14.0. The maximum atomic E-state index is 13.2. The Balaban J connectivity index is 2.35. The van der Waals surface area contributed by atoms with Gasteiger partial charge in [-0.3, -0.25) is 0 Å². The van der Waals surface area contributed by atoms with Crippen molar-refractivity contribution in [3.63, 3.8) is 0 Å². The highest BCUT2D eigenvalue weighted by Gasteiger charge is 2.23. The highest BCUT2D eigenvalue weighted by atomic mass is 35.5. The Kier molecular flexibility index (Phi) is 5.47. The summed E-state index contributed by atoms with van der Waals surface area (Å²) in [4.78, 5) is 0. The predicted molar refractivity (Wildman–Crippen MR) is 84.6 cm³/mol. The van der Waals surface area contributed by atoms with Gasteiger partial charge in [-0.1, -0.05) is 46.9 Å². The van der Waals surface area contributed by atoms with Gasteiger partial charge < -0.3 is 10.8 Å². The predicted octanol–water partition coefficient (Wildman–Crippen LogP) is 4.56. The molecule has 3 N–H and O–H groups in total. The molecule has 2 nitrogen and oxygen atoms in total. The first-order chi connectivity index (χ1) is 9.93. The molecule has 0 aliphatic heterocycles. The molecule has 0 spiro atoms. The van der Waals surface area contributed by atoms with E-state index < -0.39 is 17.8 Å². The van der Waals surface area contributed by atoms with Gasteiger partial charge in [-0.25, -0.2) is 4.39 Å². The van der Waals surface area contributed by atoms with Gasteiger partial charge in [0, 0.05) is 12.5 Å². The molecule has 2 atom stereocenters. The molecule has 0 radical (unpaired) electrons. The van der Waals surface area contributed by atoms with Gasteiger partial charge in [0.15, 0.2) is 0 Å². The van der Waals surface area contributed by atoms with E-state index in [0.717, 1.165) is 5.56 Å². The SMILES string of the molecule is NCC(c1ccc(Cl)c(Cl)c1)C(O)c1ccc(F)c(Cl)c1. The van der Waals surface area contributed by atoms with Crippen LogP contribution in [0.15, 0.2) is 36.4 Å². The van der Waals surface area contributed by atoms with Crippen LogP contribution in [0.5, 0.6) is 0 Å². The van der Waals surface area contributed by atoms with Gasteiger partial charge in [0.05, 0.1) is 21.2 Å². The van der Waals surface area contributed by atoms with Crippen LogP contribution in [-0.4, -0.2) is 11.7 Å². The summed E-state index contributed by atoms with van der Waals surface area (Å²) < 4.78 is 13.2. The summed E-state index contributed by atoms with van der Waals surface area (Å²) in [5.74, 6) is -0.937. The van der Waals surface area contributed by atoms with Crippen LogP contribution in [0.25, 0.3) is 0 Å². The van der Waals surface area contributed by atoms with Crippen molar-refractivity contribution in [3.8, 4) is 0 Å². The lowest BCUT2D eigenvalue weighted by Crippen LogP contribution is -2.20. The highest BCUT2D eigenvalue weighted by molar-refractivity contribution is 6.42. The Hall–Kier alpha value is -0.840. The molecule has 0 heterocycles. The quantitative estimate of drug-likeness (QED) is 0.850. The number of aliphatic hydroxyl groups is 1. The van der Waals surface area contributed by atoms with Crippen LogP contribution in [-0.2, 0) is 0 Å². The number of benzene rings is 2. The zero-order valence-electron chi connectivity index (χ0n) is 10.9. The zero-order valence-corrected chi connectivity index (χ0v) is 13.1. The average Bonchev–Trinajstić information content (AvgIpc) is 2.46. The third kappa shape index (κ3) is 3.68. The largest absolute Gasteiger partial charge is 0.388 e. The summed E-state index contributed by atoms with van der Waals surface area (Å²) >= 11 is 17.6. The molecule has 2 rings (SSSR count). The van der Waals surface area contributed by atoms with Gasteiger partial charge in [0.1, 0.15) is 5.82 Å². The smallest absolute Gasteiger partial charge is 0.141 e. The van der Waals surface area contributed by atoms with Crippen LogP contribution < -0.4 is 5.73 Å². The summed E-state index contributed by atoms with van der Waals surface area (Å²) in [5, 5.41) is 11.2. The second-order valence-electron chi connectivity index (χ2n) is 4.63. The van der Waals surface area contributed by atoms with E-state index in [4.69, 9.17) is 40.5 Å². The Labute approximate surface area is 137 Å². The van der Waals surface area contributed by atoms with Crippen molar-refractivity contribution in [1.82, 2.24) is 0 Å². The minimum absolute atomic E-state index is 0.0449. The van der Waals surface area contributed by atoms with E-state index in [1.807, 2.05) is 0 Å². The summed E-state index contributed by atoms with van der Waals surface area (Å²) in [6.07, 6.45) is -0.926. The summed E-state index contributed by atoms with van der Waals surface area (Å²) in [7, 11) is 0. The number of hydrogen-bond acceptors (Lipinski definition) is 2. The Morgan fingerprint density at radius 3 is 2.14 bits per heavy atom. The van der Waals surface area contributed by atoms with E-state index in [1.54, 1.807) is 18.2 Å². The summed E-state index contributed by atoms with van der Waals surface area (Å²) in [5.41, 5.74) is 6.99. The van der Waals surface area contributed by atoms with Crippen molar-refractivity contribution in [1.29, 1.82) is 0 Å². The van der Waals surface area contributed by atoms with Gasteiger partial charge in [0.2, 0.25) is 0 Å². The first-order valence-electron chi connectivity index (χ1n) is 6.22. The molecule has 0 amide bonds. The van der Waals surface area contributed by atoms with Crippen LogP contribution >= 0.6 is 34.8 Å². The minimum Gasteiger partial charge on any atom is -0.388 e. The van der Waals surface area contributed by atoms with Gasteiger partial charge in [-0.2, -0.15) is 0 Å². The van der Waals surface area contributed by atoms with Crippen molar-refractivity contribution >= 4 is 34.8 Å². The molecule has 0 aliphatic rings. The van der Waals surface area contributed by atoms with Gasteiger partial charge in [-0.05, 0) is 35.4 Å². The number of aliphatic hydroxyl groups excluding tert-OH is 1. The first-order valence-corrected chi connectivity index (χ1v) is 7.35. The monoisotopic (exact) mass is 347 g/mol. The molecule has 2 aromatic rings. The van der Waals surface area contributed by atoms with Crippen molar-refractivity contribution in [2.75, 3.05) is 6.54 Å². The van der Waals surface area contributed by atoms with E-state index in [0.29, 0.717) is 15.6 Å². The summed E-state index contributed by atoms with van der Waals surface area (Å²) in [6.45, 7) is 0.189. The Bertz CT molecular complexity index is 651. The maximum Gasteiger partial charge on any atom is 0.141 e. The molecule has 6 heteroatoms. The van der Waals surface area contributed by atoms with E-state index >= 15 is 0 Å².